The summed E-state index contributed by atoms with van der Waals surface area (Å²) in [4.78, 5) is 16.8. The van der Waals surface area contributed by atoms with Crippen LogP contribution < -0.4 is 4.90 Å². The molecule has 1 aromatic rings. The van der Waals surface area contributed by atoms with Gasteiger partial charge in [-0.05, 0) is 69.1 Å². The predicted molar refractivity (Wildman–Crippen MR) is 102 cm³/mol. The average Bonchev–Trinajstić information content (AvgIpc) is 3.05. The smallest absolute Gasteiger partial charge is 0.227 e. The minimum Gasteiger partial charge on any atom is -0.372 e. The molecule has 1 N–H and O–H groups in total. The van der Waals surface area contributed by atoms with Gasteiger partial charge in [0.1, 0.15) is 5.72 Å². The van der Waals surface area contributed by atoms with Gasteiger partial charge in [0.05, 0.1) is 0 Å². The summed E-state index contributed by atoms with van der Waals surface area (Å²) in [5, 5.41) is 11.1. The molecule has 0 aromatic heterocycles. The van der Waals surface area contributed by atoms with Crippen LogP contribution in [0.5, 0.6) is 0 Å². The molecule has 4 heteroatoms. The van der Waals surface area contributed by atoms with E-state index in [1.165, 1.54) is 37.2 Å². The van der Waals surface area contributed by atoms with Crippen LogP contribution in [0.4, 0.5) is 5.69 Å². The van der Waals surface area contributed by atoms with Gasteiger partial charge in [0.25, 0.3) is 0 Å². The topological polar surface area (TPSA) is 43.8 Å². The number of hydrogen-bond donors (Lipinski definition) is 1. The number of hydrogen-bond acceptors (Lipinski definition) is 3. The molecule has 1 atom stereocenters. The second-order valence-electron chi connectivity index (χ2n) is 9.25. The fraction of sp³-hybridized carbons (Fsp3) is 0.682. The highest BCUT2D eigenvalue weighted by atomic mass is 16.3. The summed E-state index contributed by atoms with van der Waals surface area (Å²) < 4.78 is 0. The lowest BCUT2D eigenvalue weighted by Gasteiger charge is -2.69. The van der Waals surface area contributed by atoms with Crippen molar-refractivity contribution in [1.29, 1.82) is 0 Å². The third-order valence-corrected chi connectivity index (χ3v) is 7.80. The van der Waals surface area contributed by atoms with E-state index in [9.17, 15) is 9.90 Å². The second-order valence-corrected chi connectivity index (χ2v) is 9.25. The summed E-state index contributed by atoms with van der Waals surface area (Å²) in [6.07, 6.45) is 7.76. The Morgan fingerprint density at radius 1 is 1.15 bits per heavy atom. The zero-order chi connectivity index (χ0) is 17.9. The van der Waals surface area contributed by atoms with Crippen molar-refractivity contribution in [2.45, 2.75) is 63.5 Å². The van der Waals surface area contributed by atoms with E-state index in [4.69, 9.17) is 0 Å². The lowest BCUT2D eigenvalue weighted by molar-refractivity contribution is -0.297. The molecule has 0 radical (unpaired) electrons. The molecule has 2 heterocycles. The van der Waals surface area contributed by atoms with E-state index < -0.39 is 5.72 Å². The largest absolute Gasteiger partial charge is 0.372 e. The fourth-order valence-corrected chi connectivity index (χ4v) is 5.56. The van der Waals surface area contributed by atoms with E-state index in [0.29, 0.717) is 5.92 Å². The molecule has 1 amide bonds. The number of nitrogens with zero attached hydrogens (tertiary/aromatic N) is 2. The minimum absolute atomic E-state index is 0.0826. The number of likely N-dealkylation sites (tertiary alicyclic amines) is 1. The highest BCUT2D eigenvalue weighted by Gasteiger charge is 2.68. The molecule has 140 valence electrons. The van der Waals surface area contributed by atoms with Crippen LogP contribution in [0.1, 0.15) is 63.4 Å². The van der Waals surface area contributed by atoms with Gasteiger partial charge < -0.3 is 14.9 Å². The van der Waals surface area contributed by atoms with Crippen molar-refractivity contribution in [3.05, 3.63) is 29.8 Å². The fourth-order valence-electron chi connectivity index (χ4n) is 5.56. The van der Waals surface area contributed by atoms with E-state index in [1.807, 2.05) is 6.92 Å². The van der Waals surface area contributed by atoms with Gasteiger partial charge in [-0.15, -0.1) is 0 Å². The summed E-state index contributed by atoms with van der Waals surface area (Å²) in [5.41, 5.74) is 1.71. The Morgan fingerprint density at radius 3 is 2.50 bits per heavy atom. The van der Waals surface area contributed by atoms with Crippen LogP contribution >= 0.6 is 0 Å². The van der Waals surface area contributed by atoms with Crippen LogP contribution in [-0.4, -0.2) is 41.3 Å². The van der Waals surface area contributed by atoms with Gasteiger partial charge in [-0.25, -0.2) is 0 Å². The SMILES string of the molecule is CC1(O)N(C(=O)C2CCC2)CC12CC(c1cccc(N3CCCC3)c1)C2. The van der Waals surface area contributed by atoms with E-state index in [0.717, 1.165) is 38.6 Å². The Morgan fingerprint density at radius 2 is 1.88 bits per heavy atom. The quantitative estimate of drug-likeness (QED) is 0.903. The highest BCUT2D eigenvalue weighted by Crippen LogP contribution is 2.64. The normalized spacial score (nSPS) is 36.6. The third-order valence-electron chi connectivity index (χ3n) is 7.80. The Hall–Kier alpha value is -1.55. The van der Waals surface area contributed by atoms with Gasteiger partial charge in [-0.3, -0.25) is 4.79 Å². The number of carbonyl (C=O) groups excluding carboxylic acids is 1. The second kappa shape index (κ2) is 5.72. The first-order valence-electron chi connectivity index (χ1n) is 10.4. The van der Waals surface area contributed by atoms with Gasteiger partial charge in [0, 0.05) is 36.7 Å². The average molecular weight is 354 g/mol. The molecule has 2 saturated carbocycles. The summed E-state index contributed by atoms with van der Waals surface area (Å²) in [6, 6.07) is 9.00. The minimum atomic E-state index is -0.956. The van der Waals surface area contributed by atoms with Crippen molar-refractivity contribution >= 4 is 11.6 Å². The molecule has 5 rings (SSSR count). The predicted octanol–water partition coefficient (Wildman–Crippen LogP) is 3.50. The highest BCUT2D eigenvalue weighted by molar-refractivity contribution is 5.81. The van der Waals surface area contributed by atoms with Crippen molar-refractivity contribution < 1.29 is 9.90 Å². The van der Waals surface area contributed by atoms with Gasteiger partial charge in [-0.2, -0.15) is 0 Å². The van der Waals surface area contributed by atoms with Crippen LogP contribution in [0.3, 0.4) is 0 Å². The molecule has 2 aliphatic heterocycles. The molecule has 4 nitrogen and oxygen atoms in total. The number of carbonyl (C=O) groups is 1. The number of amides is 1. The zero-order valence-corrected chi connectivity index (χ0v) is 15.8. The zero-order valence-electron chi connectivity index (χ0n) is 15.8. The maximum absolute atomic E-state index is 12.6. The lowest BCUT2D eigenvalue weighted by Crippen LogP contribution is -2.78. The van der Waals surface area contributed by atoms with Crippen LogP contribution in [0.15, 0.2) is 24.3 Å². The van der Waals surface area contributed by atoms with E-state index >= 15 is 0 Å². The van der Waals surface area contributed by atoms with E-state index in [1.54, 1.807) is 4.90 Å². The number of rotatable bonds is 3. The van der Waals surface area contributed by atoms with Gasteiger partial charge >= 0.3 is 0 Å². The van der Waals surface area contributed by atoms with E-state index in [2.05, 4.69) is 29.2 Å². The molecule has 1 spiro atoms. The number of anilines is 1. The van der Waals surface area contributed by atoms with Crippen LogP contribution in [-0.2, 0) is 4.79 Å². The van der Waals surface area contributed by atoms with Gasteiger partial charge in [0.2, 0.25) is 5.91 Å². The Labute approximate surface area is 156 Å². The molecule has 0 bridgehead atoms. The molecule has 4 fully saturated rings. The molecular formula is C22H30N2O2. The monoisotopic (exact) mass is 354 g/mol. The van der Waals surface area contributed by atoms with Crippen molar-refractivity contribution in [2.75, 3.05) is 24.5 Å². The molecule has 2 saturated heterocycles. The van der Waals surface area contributed by atoms with Crippen molar-refractivity contribution in [3.63, 3.8) is 0 Å². The number of benzene rings is 1. The first-order chi connectivity index (χ1) is 12.5. The first kappa shape index (κ1) is 16.6. The molecular weight excluding hydrogens is 324 g/mol. The van der Waals surface area contributed by atoms with Gasteiger partial charge in [0.15, 0.2) is 0 Å². The summed E-state index contributed by atoms with van der Waals surface area (Å²) in [7, 11) is 0. The molecule has 26 heavy (non-hydrogen) atoms. The Balaban J connectivity index is 1.26. The molecule has 4 aliphatic rings. The lowest BCUT2D eigenvalue weighted by atomic mass is 9.50. The third kappa shape index (κ3) is 2.27. The maximum Gasteiger partial charge on any atom is 0.227 e. The van der Waals surface area contributed by atoms with E-state index in [-0.39, 0.29) is 17.2 Å². The molecule has 2 aliphatic carbocycles. The van der Waals surface area contributed by atoms with Crippen molar-refractivity contribution in [1.82, 2.24) is 4.90 Å². The summed E-state index contributed by atoms with van der Waals surface area (Å²) in [5.74, 6) is 0.878. The Kier molecular flexibility index (Phi) is 3.66. The van der Waals surface area contributed by atoms with Crippen LogP contribution in [0.25, 0.3) is 0 Å². The van der Waals surface area contributed by atoms with Gasteiger partial charge in [-0.1, -0.05) is 18.6 Å². The van der Waals surface area contributed by atoms with Crippen LogP contribution in [0.2, 0.25) is 0 Å². The number of aliphatic hydroxyl groups is 1. The summed E-state index contributed by atoms with van der Waals surface area (Å²) in [6.45, 7) is 4.96. The molecule has 1 aromatic carbocycles. The van der Waals surface area contributed by atoms with Crippen LogP contribution in [0, 0.1) is 11.3 Å². The Bertz CT molecular complexity index is 713. The summed E-state index contributed by atoms with van der Waals surface area (Å²) >= 11 is 0. The maximum atomic E-state index is 12.6. The van der Waals surface area contributed by atoms with Crippen molar-refractivity contribution in [2.24, 2.45) is 11.3 Å². The molecule has 1 unspecified atom stereocenters. The standard InChI is InChI=1S/C22H30N2O2/c1-21(26)22(15-24(21)20(25)16-6-4-7-16)13-18(14-22)17-8-5-9-19(12-17)23-10-2-3-11-23/h5,8-9,12,16,18,26H,2-4,6-7,10-11,13-15H2,1H3. The van der Waals surface area contributed by atoms with Crippen molar-refractivity contribution in [3.8, 4) is 0 Å². The first-order valence-corrected chi connectivity index (χ1v) is 10.4.